The molecule has 2 nitrogen and oxygen atoms in total. The van der Waals surface area contributed by atoms with Crippen molar-refractivity contribution in [3.63, 3.8) is 0 Å². The molecule has 3 fully saturated rings. The normalized spacial score (nSPS) is 41.4. The molecule has 0 saturated heterocycles. The Labute approximate surface area is 176 Å². The first kappa shape index (κ1) is 19.5. The Bertz CT molecular complexity index is 891. The lowest BCUT2D eigenvalue weighted by molar-refractivity contribution is -0.132. The molecule has 4 aliphatic carbocycles. The molecule has 29 heavy (non-hydrogen) atoms. The van der Waals surface area contributed by atoms with Gasteiger partial charge in [0, 0.05) is 28.4 Å². The van der Waals surface area contributed by atoms with E-state index in [1.54, 1.807) is 0 Å². The van der Waals surface area contributed by atoms with Crippen LogP contribution < -0.4 is 0 Å². The molecule has 0 bridgehead atoms. The van der Waals surface area contributed by atoms with E-state index in [2.05, 4.69) is 13.8 Å². The van der Waals surface area contributed by atoms with E-state index in [1.165, 1.54) is 17.7 Å². The van der Waals surface area contributed by atoms with Crippen LogP contribution in [0.5, 0.6) is 0 Å². The lowest BCUT2D eigenvalue weighted by atomic mass is 9.47. The lowest BCUT2D eigenvalue weighted by Crippen LogP contribution is -2.54. The minimum Gasteiger partial charge on any atom is -0.299 e. The minimum absolute atomic E-state index is 0.0887. The molecule has 0 aromatic heterocycles. The molecule has 0 amide bonds. The number of allylic oxidation sites excluding steroid dienone is 1. The molecule has 0 radical (unpaired) electrons. The number of rotatable bonds is 2. The third-order valence-corrected chi connectivity index (χ3v) is 10.1. The Morgan fingerprint density at radius 1 is 0.966 bits per heavy atom. The van der Waals surface area contributed by atoms with Crippen LogP contribution in [0.3, 0.4) is 0 Å². The molecule has 3 saturated carbocycles. The maximum atomic E-state index is 13.4. The number of carbonyl (C=O) groups excluding carboxylic acids is 2. The first-order valence-corrected chi connectivity index (χ1v) is 11.9. The van der Waals surface area contributed by atoms with E-state index in [0.29, 0.717) is 35.2 Å². The van der Waals surface area contributed by atoms with Crippen molar-refractivity contribution in [2.75, 3.05) is 0 Å². The molecule has 0 aliphatic heterocycles. The van der Waals surface area contributed by atoms with E-state index in [-0.39, 0.29) is 22.4 Å². The van der Waals surface area contributed by atoms with Crippen LogP contribution in [-0.4, -0.2) is 16.8 Å². The van der Waals surface area contributed by atoms with Crippen LogP contribution in [0.1, 0.15) is 58.8 Å². The molecule has 4 aliphatic rings. The maximum absolute atomic E-state index is 13.4. The fourth-order valence-corrected chi connectivity index (χ4v) is 8.52. The van der Waals surface area contributed by atoms with Gasteiger partial charge in [-0.3, -0.25) is 9.59 Å². The maximum Gasteiger partial charge on any atom is 0.155 e. The average Bonchev–Trinajstić information content (AvgIpc) is 3.00. The van der Waals surface area contributed by atoms with Gasteiger partial charge in [0.25, 0.3) is 0 Å². The van der Waals surface area contributed by atoms with Crippen LogP contribution in [0.15, 0.2) is 40.8 Å². The Hall–Kier alpha value is -1.42. The Balaban J connectivity index is 1.56. The van der Waals surface area contributed by atoms with Crippen LogP contribution in [0, 0.1) is 34.4 Å². The summed E-state index contributed by atoms with van der Waals surface area (Å²) >= 11 is 1.83. The van der Waals surface area contributed by atoms with E-state index in [0.717, 1.165) is 43.4 Å². The fourth-order valence-electron chi connectivity index (χ4n) is 7.08. The van der Waals surface area contributed by atoms with Gasteiger partial charge in [-0.1, -0.05) is 19.4 Å². The summed E-state index contributed by atoms with van der Waals surface area (Å²) < 4.78 is 13.4. The van der Waals surface area contributed by atoms with Crippen LogP contribution in [-0.2, 0) is 9.59 Å². The second-order valence-corrected chi connectivity index (χ2v) is 11.4. The smallest absolute Gasteiger partial charge is 0.155 e. The summed E-state index contributed by atoms with van der Waals surface area (Å²) in [5.74, 6) is 1.94. The number of benzene rings is 1. The van der Waals surface area contributed by atoms with Crippen molar-refractivity contribution in [3.8, 4) is 0 Å². The van der Waals surface area contributed by atoms with E-state index in [4.69, 9.17) is 0 Å². The highest BCUT2D eigenvalue weighted by Gasteiger charge is 2.61. The number of carbonyl (C=O) groups is 2. The summed E-state index contributed by atoms with van der Waals surface area (Å²) in [5, 5.41) is 0.339. The van der Waals surface area contributed by atoms with Crippen molar-refractivity contribution in [2.45, 2.75) is 68.9 Å². The lowest BCUT2D eigenvalue weighted by Gasteiger charge is -2.59. The Morgan fingerprint density at radius 2 is 1.69 bits per heavy atom. The summed E-state index contributed by atoms with van der Waals surface area (Å²) in [5.41, 5.74) is 1.23. The van der Waals surface area contributed by atoms with E-state index >= 15 is 0 Å². The summed E-state index contributed by atoms with van der Waals surface area (Å²) in [6.07, 6.45) is 8.23. The standard InChI is InChI=1S/C25H29FO2S/c1-24-11-9-17(27)13-15(24)14-21(29-18-5-3-16(26)4-6-18)23-19-7-8-22(28)25(19,2)12-10-20(23)24/h3-6,13,19-21,23H,7-12,14H2,1-2H3/t19-,20-,21+,23-,24-,25-/m0/s1. The quantitative estimate of drug-likeness (QED) is 0.598. The topological polar surface area (TPSA) is 34.1 Å². The van der Waals surface area contributed by atoms with Crippen molar-refractivity contribution in [1.82, 2.24) is 0 Å². The Morgan fingerprint density at radius 3 is 2.45 bits per heavy atom. The molecule has 0 heterocycles. The molecule has 5 rings (SSSR count). The van der Waals surface area contributed by atoms with Crippen LogP contribution in [0.25, 0.3) is 0 Å². The number of hydrogen-bond acceptors (Lipinski definition) is 3. The van der Waals surface area contributed by atoms with E-state index in [9.17, 15) is 14.0 Å². The zero-order valence-electron chi connectivity index (χ0n) is 17.2. The highest BCUT2D eigenvalue weighted by atomic mass is 32.2. The molecule has 1 aromatic rings. The number of ketones is 2. The van der Waals surface area contributed by atoms with Gasteiger partial charge in [0.1, 0.15) is 11.6 Å². The van der Waals surface area contributed by atoms with Crippen LogP contribution in [0.4, 0.5) is 4.39 Å². The van der Waals surface area contributed by atoms with Crippen molar-refractivity contribution in [3.05, 3.63) is 41.7 Å². The monoisotopic (exact) mass is 412 g/mol. The SMILES string of the molecule is C[C@]12CCC(=O)C=C1C[C@@H](Sc1ccc(F)cc1)[C@@H]1[C@@H]2CC[C@]2(C)C(=O)CC[C@@H]12. The third kappa shape index (κ3) is 2.97. The number of hydrogen-bond donors (Lipinski definition) is 0. The van der Waals surface area contributed by atoms with Crippen molar-refractivity contribution in [1.29, 1.82) is 0 Å². The highest BCUT2D eigenvalue weighted by molar-refractivity contribution is 8.00. The minimum atomic E-state index is -0.212. The third-order valence-electron chi connectivity index (χ3n) is 8.77. The average molecular weight is 413 g/mol. The van der Waals surface area contributed by atoms with Gasteiger partial charge in [-0.2, -0.15) is 0 Å². The van der Waals surface area contributed by atoms with Gasteiger partial charge in [-0.15, -0.1) is 11.8 Å². The Kier molecular flexibility index (Phi) is 4.58. The fraction of sp³-hybridized carbons (Fsp3) is 0.600. The molecular weight excluding hydrogens is 383 g/mol. The van der Waals surface area contributed by atoms with E-state index in [1.807, 2.05) is 30.0 Å². The number of Topliss-reactive ketones (excluding diaryl/α,β-unsaturated/α-hetero) is 1. The molecule has 1 aromatic carbocycles. The number of thioether (sulfide) groups is 1. The summed E-state index contributed by atoms with van der Waals surface area (Å²) in [4.78, 5) is 26.1. The molecule has 0 unspecified atom stereocenters. The predicted octanol–water partition coefficient (Wildman–Crippen LogP) is 6.00. The largest absolute Gasteiger partial charge is 0.299 e. The van der Waals surface area contributed by atoms with E-state index < -0.39 is 0 Å². The van der Waals surface area contributed by atoms with Crippen molar-refractivity contribution >= 4 is 23.3 Å². The summed E-state index contributed by atoms with van der Waals surface area (Å²) in [6, 6.07) is 6.79. The number of fused-ring (bicyclic) bond motifs is 5. The summed E-state index contributed by atoms with van der Waals surface area (Å²) in [6.45, 7) is 4.59. The first-order valence-electron chi connectivity index (χ1n) is 11.0. The first-order chi connectivity index (χ1) is 13.8. The molecular formula is C25H29FO2S. The van der Waals surface area contributed by atoms with Gasteiger partial charge >= 0.3 is 0 Å². The van der Waals surface area contributed by atoms with Crippen molar-refractivity contribution in [2.24, 2.45) is 28.6 Å². The second kappa shape index (κ2) is 6.80. The second-order valence-electron chi connectivity index (χ2n) is 10.1. The van der Waals surface area contributed by atoms with Gasteiger partial charge in [-0.25, -0.2) is 4.39 Å². The summed E-state index contributed by atoms with van der Waals surface area (Å²) in [7, 11) is 0. The molecule has 6 atom stereocenters. The van der Waals surface area contributed by atoms with Crippen LogP contribution >= 0.6 is 11.8 Å². The van der Waals surface area contributed by atoms with Gasteiger partial charge in [0.05, 0.1) is 0 Å². The molecule has 4 heteroatoms. The van der Waals surface area contributed by atoms with Gasteiger partial charge in [0.15, 0.2) is 5.78 Å². The highest BCUT2D eigenvalue weighted by Crippen LogP contribution is 2.66. The van der Waals surface area contributed by atoms with Crippen LogP contribution in [0.2, 0.25) is 0 Å². The zero-order chi connectivity index (χ0) is 20.4. The van der Waals surface area contributed by atoms with Gasteiger partial charge in [-0.05, 0) is 85.6 Å². The molecule has 0 spiro atoms. The molecule has 0 N–H and O–H groups in total. The number of halogens is 1. The zero-order valence-corrected chi connectivity index (χ0v) is 18.1. The van der Waals surface area contributed by atoms with Gasteiger partial charge < -0.3 is 0 Å². The van der Waals surface area contributed by atoms with Gasteiger partial charge in [0.2, 0.25) is 0 Å². The predicted molar refractivity (Wildman–Crippen MR) is 113 cm³/mol. The molecule has 154 valence electrons. The van der Waals surface area contributed by atoms with Crippen molar-refractivity contribution < 1.29 is 14.0 Å².